The Bertz CT molecular complexity index is 1380. The summed E-state index contributed by atoms with van der Waals surface area (Å²) in [5.41, 5.74) is 8.40. The first kappa shape index (κ1) is 15.9. The highest BCUT2D eigenvalue weighted by molar-refractivity contribution is 6.17. The van der Waals surface area contributed by atoms with Crippen LogP contribution in [0.5, 0.6) is 0 Å². The summed E-state index contributed by atoms with van der Waals surface area (Å²) in [5.74, 6) is 0. The van der Waals surface area contributed by atoms with Crippen LogP contribution in [0.4, 0.5) is 0 Å². The van der Waals surface area contributed by atoms with Gasteiger partial charge in [-0.15, -0.1) is 0 Å². The van der Waals surface area contributed by atoms with E-state index in [0.29, 0.717) is 11.0 Å². The van der Waals surface area contributed by atoms with Gasteiger partial charge in [-0.1, -0.05) is 72.8 Å². The Labute approximate surface area is 165 Å². The van der Waals surface area contributed by atoms with Crippen molar-refractivity contribution in [3.63, 3.8) is 0 Å². The van der Waals surface area contributed by atoms with Crippen LogP contribution in [0.25, 0.3) is 55.4 Å². The predicted molar refractivity (Wildman–Crippen MR) is 113 cm³/mol. The molecule has 2 aromatic heterocycles. The van der Waals surface area contributed by atoms with Crippen molar-refractivity contribution in [3.05, 3.63) is 84.9 Å². The van der Waals surface area contributed by atoms with Crippen molar-refractivity contribution in [2.45, 2.75) is 0 Å². The van der Waals surface area contributed by atoms with Crippen molar-refractivity contribution in [1.29, 1.82) is 0 Å². The van der Waals surface area contributed by atoms with Gasteiger partial charge in [-0.2, -0.15) is 0 Å². The highest BCUT2D eigenvalue weighted by Gasteiger charge is 2.23. The van der Waals surface area contributed by atoms with Gasteiger partial charge in [0.2, 0.25) is 0 Å². The van der Waals surface area contributed by atoms with Crippen LogP contribution in [0.3, 0.4) is 0 Å². The summed E-state index contributed by atoms with van der Waals surface area (Å²) in [5, 5.41) is 8.52. The maximum atomic E-state index is 5.20. The van der Waals surface area contributed by atoms with Crippen LogP contribution in [0.1, 0.15) is 0 Å². The minimum absolute atomic E-state index is 0.687. The quantitative estimate of drug-likeness (QED) is 0.366. The van der Waals surface area contributed by atoms with E-state index in [-0.39, 0.29) is 0 Å². The summed E-state index contributed by atoms with van der Waals surface area (Å²) in [6.45, 7) is 0. The molecule has 0 aliphatic carbocycles. The van der Waals surface area contributed by atoms with E-state index in [4.69, 9.17) is 14.6 Å². The molecule has 6 rings (SSSR count). The van der Waals surface area contributed by atoms with Gasteiger partial charge in [0, 0.05) is 11.1 Å². The zero-order valence-corrected chi connectivity index (χ0v) is 15.3. The average Bonchev–Trinajstić information content (AvgIpc) is 3.26. The van der Waals surface area contributed by atoms with Crippen LogP contribution >= 0.6 is 0 Å². The van der Waals surface area contributed by atoms with Crippen molar-refractivity contribution in [2.75, 3.05) is 0 Å². The highest BCUT2D eigenvalue weighted by atomic mass is 16.6. The molecule has 5 nitrogen and oxygen atoms in total. The number of benzene rings is 4. The molecule has 0 N–H and O–H groups in total. The molecule has 0 atom stereocenters. The van der Waals surface area contributed by atoms with Gasteiger partial charge in [-0.05, 0) is 33.6 Å². The minimum Gasteiger partial charge on any atom is -0.244 e. The SMILES string of the molecule is c1ccc(-c2c3nonc3c(-c3ccccc3)c3nc4ccccc4nc23)cc1. The molecule has 136 valence electrons. The fraction of sp³-hybridized carbons (Fsp3) is 0. The van der Waals surface area contributed by atoms with Gasteiger partial charge >= 0.3 is 0 Å². The van der Waals surface area contributed by atoms with Crippen molar-refractivity contribution in [1.82, 2.24) is 20.3 Å². The number of para-hydroxylation sites is 2. The van der Waals surface area contributed by atoms with E-state index in [2.05, 4.69) is 10.3 Å². The second-order valence-corrected chi connectivity index (χ2v) is 6.85. The second-order valence-electron chi connectivity index (χ2n) is 6.85. The Morgan fingerprint density at radius 3 is 1.31 bits per heavy atom. The molecule has 2 heterocycles. The van der Waals surface area contributed by atoms with Gasteiger partial charge in [-0.25, -0.2) is 14.6 Å². The summed E-state index contributed by atoms with van der Waals surface area (Å²) < 4.78 is 5.20. The van der Waals surface area contributed by atoms with E-state index in [9.17, 15) is 0 Å². The zero-order valence-electron chi connectivity index (χ0n) is 15.3. The molecule has 0 aliphatic rings. The lowest BCUT2D eigenvalue weighted by molar-refractivity contribution is 0.315. The number of hydrogen-bond acceptors (Lipinski definition) is 5. The summed E-state index contributed by atoms with van der Waals surface area (Å²) in [6.07, 6.45) is 0. The fourth-order valence-electron chi connectivity index (χ4n) is 3.85. The molecule has 0 bridgehead atoms. The lowest BCUT2D eigenvalue weighted by Gasteiger charge is -2.12. The minimum atomic E-state index is 0.687. The molecule has 4 aromatic carbocycles. The molecule has 0 saturated carbocycles. The number of fused-ring (bicyclic) bond motifs is 3. The van der Waals surface area contributed by atoms with Gasteiger partial charge in [0.05, 0.1) is 11.0 Å². The average molecular weight is 374 g/mol. The van der Waals surface area contributed by atoms with Gasteiger partial charge < -0.3 is 0 Å². The topological polar surface area (TPSA) is 64.7 Å². The maximum absolute atomic E-state index is 5.20. The third-order valence-electron chi connectivity index (χ3n) is 5.13. The zero-order chi connectivity index (χ0) is 19.2. The first-order valence-corrected chi connectivity index (χ1v) is 9.36. The van der Waals surface area contributed by atoms with E-state index >= 15 is 0 Å². The molecule has 5 heteroatoms. The molecule has 0 radical (unpaired) electrons. The summed E-state index contributed by atoms with van der Waals surface area (Å²) >= 11 is 0. The molecule has 29 heavy (non-hydrogen) atoms. The van der Waals surface area contributed by atoms with Crippen LogP contribution in [-0.2, 0) is 0 Å². The number of hydrogen-bond donors (Lipinski definition) is 0. The van der Waals surface area contributed by atoms with Crippen molar-refractivity contribution in [2.24, 2.45) is 0 Å². The summed E-state index contributed by atoms with van der Waals surface area (Å²) in [4.78, 5) is 10.00. The Morgan fingerprint density at radius 2 is 0.862 bits per heavy atom. The van der Waals surface area contributed by atoms with Crippen molar-refractivity contribution >= 4 is 33.1 Å². The Balaban J connectivity index is 1.88. The first-order valence-electron chi connectivity index (χ1n) is 9.36. The van der Waals surface area contributed by atoms with Crippen LogP contribution in [0.15, 0.2) is 89.6 Å². The molecule has 6 aromatic rings. The maximum Gasteiger partial charge on any atom is 0.146 e. The van der Waals surface area contributed by atoms with Crippen molar-refractivity contribution in [3.8, 4) is 22.3 Å². The molecule has 0 saturated heterocycles. The number of aromatic nitrogens is 4. The molecular weight excluding hydrogens is 360 g/mol. The largest absolute Gasteiger partial charge is 0.244 e. The van der Waals surface area contributed by atoms with Gasteiger partial charge in [0.15, 0.2) is 0 Å². The molecule has 0 fully saturated rings. The van der Waals surface area contributed by atoms with E-state index in [1.807, 2.05) is 84.9 Å². The first-order chi connectivity index (χ1) is 14.4. The van der Waals surface area contributed by atoms with Crippen LogP contribution in [0.2, 0.25) is 0 Å². The number of rotatable bonds is 2. The third-order valence-corrected chi connectivity index (χ3v) is 5.13. The van der Waals surface area contributed by atoms with E-state index in [1.165, 1.54) is 0 Å². The second kappa shape index (κ2) is 6.21. The van der Waals surface area contributed by atoms with E-state index < -0.39 is 0 Å². The van der Waals surface area contributed by atoms with Crippen LogP contribution < -0.4 is 0 Å². The van der Waals surface area contributed by atoms with Gasteiger partial charge in [0.25, 0.3) is 0 Å². The predicted octanol–water partition coefficient (Wildman–Crippen LogP) is 5.65. The molecule has 0 aliphatic heterocycles. The molecule has 0 spiro atoms. The normalized spacial score (nSPS) is 11.4. The Hall–Kier alpha value is -4.12. The molecule has 0 unspecified atom stereocenters. The van der Waals surface area contributed by atoms with Crippen molar-refractivity contribution < 1.29 is 4.63 Å². The summed E-state index contributed by atoms with van der Waals surface area (Å²) in [6, 6.07) is 28.0. The summed E-state index contributed by atoms with van der Waals surface area (Å²) in [7, 11) is 0. The van der Waals surface area contributed by atoms with E-state index in [1.54, 1.807) is 0 Å². The molecular formula is C24H14N4O. The monoisotopic (exact) mass is 374 g/mol. The van der Waals surface area contributed by atoms with Crippen LogP contribution in [0, 0.1) is 0 Å². The highest BCUT2D eigenvalue weighted by Crippen LogP contribution is 2.41. The Kier molecular flexibility index (Phi) is 3.40. The lowest BCUT2D eigenvalue weighted by atomic mass is 9.95. The lowest BCUT2D eigenvalue weighted by Crippen LogP contribution is -1.96. The third kappa shape index (κ3) is 2.41. The number of nitrogens with zero attached hydrogens (tertiary/aromatic N) is 4. The Morgan fingerprint density at radius 1 is 0.448 bits per heavy atom. The van der Waals surface area contributed by atoms with Gasteiger partial charge in [0.1, 0.15) is 22.1 Å². The van der Waals surface area contributed by atoms with Crippen LogP contribution in [-0.4, -0.2) is 20.3 Å². The smallest absolute Gasteiger partial charge is 0.146 e. The van der Waals surface area contributed by atoms with E-state index in [0.717, 1.165) is 44.3 Å². The molecule has 0 amide bonds. The standard InChI is InChI=1S/C24H14N4O/c1-3-9-15(10-4-1)19-21-22(26-18-14-8-7-13-17(18)25-21)20(16-11-5-2-6-12-16)24-23(19)27-29-28-24/h1-14H. The van der Waals surface area contributed by atoms with Gasteiger partial charge in [-0.3, -0.25) is 0 Å². The fourth-order valence-corrected chi connectivity index (χ4v) is 3.85.